The highest BCUT2D eigenvalue weighted by molar-refractivity contribution is 6.31. The summed E-state index contributed by atoms with van der Waals surface area (Å²) < 4.78 is 0. The van der Waals surface area contributed by atoms with E-state index in [4.69, 9.17) is 11.6 Å². The Labute approximate surface area is 172 Å². The number of hydrogen-bond donors (Lipinski definition) is 1. The number of amides is 1. The summed E-state index contributed by atoms with van der Waals surface area (Å²) in [6.07, 6.45) is 0.888. The van der Waals surface area contributed by atoms with E-state index in [0.717, 1.165) is 55.3 Å². The minimum Gasteiger partial charge on any atom is -0.352 e. The van der Waals surface area contributed by atoms with Crippen LogP contribution in [0.15, 0.2) is 48.5 Å². The molecule has 0 radical (unpaired) electrons. The normalized spacial score (nSPS) is 22.8. The third-order valence-electron chi connectivity index (χ3n) is 5.92. The van der Waals surface area contributed by atoms with Crippen LogP contribution < -0.4 is 5.32 Å². The van der Waals surface area contributed by atoms with Crippen molar-refractivity contribution >= 4 is 17.5 Å². The van der Waals surface area contributed by atoms with Crippen LogP contribution in [0, 0.1) is 5.92 Å². The van der Waals surface area contributed by atoms with Crippen LogP contribution in [0.5, 0.6) is 0 Å². The molecule has 0 bridgehead atoms. The lowest BCUT2D eigenvalue weighted by Gasteiger charge is -2.32. The van der Waals surface area contributed by atoms with Gasteiger partial charge in [-0.25, -0.2) is 0 Å². The lowest BCUT2D eigenvalue weighted by Crippen LogP contribution is -2.43. The van der Waals surface area contributed by atoms with Crippen LogP contribution in [0.2, 0.25) is 5.02 Å². The number of carbonyl (C=O) groups excluding carboxylic acids is 1. The number of carbonyl (C=O) groups is 1. The van der Waals surface area contributed by atoms with Gasteiger partial charge in [0, 0.05) is 50.2 Å². The van der Waals surface area contributed by atoms with E-state index in [-0.39, 0.29) is 17.7 Å². The first kappa shape index (κ1) is 19.4. The van der Waals surface area contributed by atoms with Gasteiger partial charge in [-0.15, -0.1) is 0 Å². The van der Waals surface area contributed by atoms with E-state index in [2.05, 4.69) is 46.4 Å². The zero-order chi connectivity index (χ0) is 19.5. The van der Waals surface area contributed by atoms with Crippen LogP contribution in [0.25, 0.3) is 0 Å². The summed E-state index contributed by atoms with van der Waals surface area (Å²) in [6.45, 7) is 6.12. The SMILES string of the molecule is CN1CCN(Cc2ccc(CNC(=O)C3CC3c3ccccc3Cl)cc2)CC1. The lowest BCUT2D eigenvalue weighted by atomic mass is 10.1. The number of likely N-dealkylation sites (N-methyl/N-ethyl adjacent to an activating group) is 1. The van der Waals surface area contributed by atoms with Crippen molar-refractivity contribution in [3.05, 3.63) is 70.2 Å². The van der Waals surface area contributed by atoms with Gasteiger partial charge in [0.05, 0.1) is 0 Å². The van der Waals surface area contributed by atoms with Crippen molar-refractivity contribution in [2.24, 2.45) is 5.92 Å². The number of benzene rings is 2. The minimum absolute atomic E-state index is 0.0522. The number of nitrogens with zero attached hydrogens (tertiary/aromatic N) is 2. The van der Waals surface area contributed by atoms with Crippen molar-refractivity contribution in [3.63, 3.8) is 0 Å². The maximum atomic E-state index is 12.5. The molecule has 1 N–H and O–H groups in total. The fraction of sp³-hybridized carbons (Fsp3) is 0.435. The van der Waals surface area contributed by atoms with Gasteiger partial charge in [-0.05, 0) is 42.1 Å². The summed E-state index contributed by atoms with van der Waals surface area (Å²) >= 11 is 6.26. The molecule has 2 aliphatic rings. The van der Waals surface area contributed by atoms with E-state index in [0.29, 0.717) is 6.54 Å². The highest BCUT2D eigenvalue weighted by Gasteiger charge is 2.44. The molecule has 28 heavy (non-hydrogen) atoms. The highest BCUT2D eigenvalue weighted by atomic mass is 35.5. The summed E-state index contributed by atoms with van der Waals surface area (Å²) in [5, 5.41) is 3.85. The number of piperazine rings is 1. The number of hydrogen-bond acceptors (Lipinski definition) is 3. The molecule has 4 nitrogen and oxygen atoms in total. The largest absolute Gasteiger partial charge is 0.352 e. The molecule has 1 aliphatic heterocycles. The van der Waals surface area contributed by atoms with Crippen LogP contribution in [0.3, 0.4) is 0 Å². The number of halogens is 1. The van der Waals surface area contributed by atoms with Crippen LogP contribution in [0.4, 0.5) is 0 Å². The summed E-state index contributed by atoms with van der Waals surface area (Å²) in [4.78, 5) is 17.3. The molecule has 2 atom stereocenters. The smallest absolute Gasteiger partial charge is 0.224 e. The molecule has 0 spiro atoms. The fourth-order valence-electron chi connectivity index (χ4n) is 3.95. The Kier molecular flexibility index (Phi) is 6.00. The Morgan fingerprint density at radius 2 is 1.71 bits per heavy atom. The zero-order valence-corrected chi connectivity index (χ0v) is 17.2. The Hall–Kier alpha value is -1.88. The molecule has 2 aromatic carbocycles. The van der Waals surface area contributed by atoms with E-state index >= 15 is 0 Å². The van der Waals surface area contributed by atoms with Gasteiger partial charge in [0.1, 0.15) is 0 Å². The Morgan fingerprint density at radius 1 is 1.04 bits per heavy atom. The van der Waals surface area contributed by atoms with Crippen molar-refractivity contribution < 1.29 is 4.79 Å². The van der Waals surface area contributed by atoms with E-state index in [1.165, 1.54) is 5.56 Å². The zero-order valence-electron chi connectivity index (χ0n) is 16.4. The predicted molar refractivity (Wildman–Crippen MR) is 113 cm³/mol. The highest BCUT2D eigenvalue weighted by Crippen LogP contribution is 2.49. The molecule has 0 aromatic heterocycles. The van der Waals surface area contributed by atoms with Gasteiger partial charge in [0.15, 0.2) is 0 Å². The van der Waals surface area contributed by atoms with E-state index < -0.39 is 0 Å². The van der Waals surface area contributed by atoms with Crippen LogP contribution in [-0.2, 0) is 17.9 Å². The van der Waals surface area contributed by atoms with Gasteiger partial charge < -0.3 is 10.2 Å². The maximum absolute atomic E-state index is 12.5. The first-order valence-corrected chi connectivity index (χ1v) is 10.5. The van der Waals surface area contributed by atoms with E-state index in [1.54, 1.807) is 0 Å². The van der Waals surface area contributed by atoms with Gasteiger partial charge in [-0.3, -0.25) is 9.69 Å². The third kappa shape index (κ3) is 4.75. The minimum atomic E-state index is 0.0522. The van der Waals surface area contributed by atoms with Crippen LogP contribution in [-0.4, -0.2) is 48.9 Å². The monoisotopic (exact) mass is 397 g/mol. The molecular formula is C23H28ClN3O. The second kappa shape index (κ2) is 8.64. The average Bonchev–Trinajstić information content (AvgIpc) is 3.50. The quantitative estimate of drug-likeness (QED) is 0.810. The molecule has 1 aliphatic carbocycles. The van der Waals surface area contributed by atoms with Gasteiger partial charge in [-0.1, -0.05) is 54.1 Å². The van der Waals surface area contributed by atoms with Gasteiger partial charge in [0.2, 0.25) is 5.91 Å². The number of rotatable bonds is 6. The van der Waals surface area contributed by atoms with Gasteiger partial charge in [0.25, 0.3) is 0 Å². The molecule has 1 saturated heterocycles. The molecule has 1 saturated carbocycles. The second-order valence-electron chi connectivity index (χ2n) is 8.08. The standard InChI is InChI=1S/C23H28ClN3O/c1-26-10-12-27(13-11-26)16-18-8-6-17(7-9-18)15-25-23(28)21-14-20(21)19-4-2-3-5-22(19)24/h2-9,20-21H,10-16H2,1H3,(H,25,28). The van der Waals surface area contributed by atoms with Crippen LogP contribution in [0.1, 0.15) is 29.0 Å². The van der Waals surface area contributed by atoms with E-state index in [9.17, 15) is 4.79 Å². The molecule has 2 aromatic rings. The molecule has 4 rings (SSSR count). The van der Waals surface area contributed by atoms with Crippen LogP contribution >= 0.6 is 11.6 Å². The van der Waals surface area contributed by atoms with Crippen molar-refractivity contribution in [1.29, 1.82) is 0 Å². The Balaban J connectivity index is 1.24. The summed E-state index contributed by atoms with van der Waals surface area (Å²) in [7, 11) is 2.18. The van der Waals surface area contributed by atoms with Gasteiger partial charge >= 0.3 is 0 Å². The van der Waals surface area contributed by atoms with Gasteiger partial charge in [-0.2, -0.15) is 0 Å². The first-order chi connectivity index (χ1) is 13.6. The third-order valence-corrected chi connectivity index (χ3v) is 6.27. The summed E-state index contributed by atoms with van der Waals surface area (Å²) in [5.41, 5.74) is 3.57. The maximum Gasteiger partial charge on any atom is 0.224 e. The average molecular weight is 398 g/mol. The van der Waals surface area contributed by atoms with Crippen molar-refractivity contribution in [1.82, 2.24) is 15.1 Å². The molecular weight excluding hydrogens is 370 g/mol. The molecule has 148 valence electrons. The summed E-state index contributed by atoms with van der Waals surface area (Å²) in [5.74, 6) is 0.447. The second-order valence-corrected chi connectivity index (χ2v) is 8.49. The predicted octanol–water partition coefficient (Wildman–Crippen LogP) is 3.51. The van der Waals surface area contributed by atoms with Crippen molar-refractivity contribution in [2.75, 3.05) is 33.2 Å². The van der Waals surface area contributed by atoms with Crippen molar-refractivity contribution in [2.45, 2.75) is 25.4 Å². The molecule has 1 amide bonds. The Bertz CT molecular complexity index is 815. The fourth-order valence-corrected chi connectivity index (χ4v) is 4.23. The Morgan fingerprint density at radius 3 is 2.43 bits per heavy atom. The van der Waals surface area contributed by atoms with E-state index in [1.807, 2.05) is 24.3 Å². The molecule has 5 heteroatoms. The first-order valence-electron chi connectivity index (χ1n) is 10.1. The van der Waals surface area contributed by atoms with Crippen molar-refractivity contribution in [3.8, 4) is 0 Å². The lowest BCUT2D eigenvalue weighted by molar-refractivity contribution is -0.122. The summed E-state index contributed by atoms with van der Waals surface area (Å²) in [6, 6.07) is 16.5. The number of nitrogens with one attached hydrogen (secondary N) is 1. The molecule has 2 unspecified atom stereocenters. The molecule has 2 fully saturated rings. The molecule has 1 heterocycles. The topological polar surface area (TPSA) is 35.6 Å².